The van der Waals surface area contributed by atoms with Crippen LogP contribution in [0.3, 0.4) is 0 Å². The summed E-state index contributed by atoms with van der Waals surface area (Å²) >= 11 is 1.59. The molecule has 1 rings (SSSR count). The minimum absolute atomic E-state index is 0.525. The summed E-state index contributed by atoms with van der Waals surface area (Å²) in [4.78, 5) is 5.02. The Bertz CT molecular complexity index is 285. The number of aliphatic hydroxyl groups is 1. The van der Waals surface area contributed by atoms with E-state index in [0.717, 1.165) is 11.3 Å². The molecule has 0 aliphatic heterocycles. The molecule has 0 saturated carbocycles. The quantitative estimate of drug-likeness (QED) is 0.749. The predicted molar refractivity (Wildman–Crippen MR) is 60.3 cm³/mol. The minimum atomic E-state index is -0.605. The van der Waals surface area contributed by atoms with Gasteiger partial charge in [-0.25, -0.2) is 4.98 Å². The Kier molecular flexibility index (Phi) is 3.77. The van der Waals surface area contributed by atoms with Crippen LogP contribution in [0, 0.1) is 0 Å². The fourth-order valence-electron chi connectivity index (χ4n) is 0.818. The molecule has 14 heavy (non-hydrogen) atoms. The summed E-state index contributed by atoms with van der Waals surface area (Å²) < 4.78 is 0. The van der Waals surface area contributed by atoms with Crippen LogP contribution in [0.5, 0.6) is 0 Å². The number of rotatable bonds is 4. The standard InChI is InChI=1S/C10H16N2OS/c1-3-10(2,13)7-14-8-4-5-9(11)12-6-8/h4-6,13H,3,7H2,1-2H3,(H2,11,12). The molecule has 0 aliphatic carbocycles. The van der Waals surface area contributed by atoms with Crippen LogP contribution < -0.4 is 5.73 Å². The maximum Gasteiger partial charge on any atom is 0.123 e. The van der Waals surface area contributed by atoms with Gasteiger partial charge in [-0.3, -0.25) is 0 Å². The molecular formula is C10H16N2OS. The maximum absolute atomic E-state index is 9.77. The first-order valence-electron chi connectivity index (χ1n) is 4.60. The molecule has 78 valence electrons. The highest BCUT2D eigenvalue weighted by molar-refractivity contribution is 7.99. The molecule has 0 bridgehead atoms. The van der Waals surface area contributed by atoms with Crippen molar-refractivity contribution in [2.24, 2.45) is 0 Å². The van der Waals surface area contributed by atoms with Gasteiger partial charge >= 0.3 is 0 Å². The fourth-order valence-corrected chi connectivity index (χ4v) is 1.79. The molecular weight excluding hydrogens is 196 g/mol. The van der Waals surface area contributed by atoms with Crippen LogP contribution in [-0.2, 0) is 0 Å². The van der Waals surface area contributed by atoms with Gasteiger partial charge < -0.3 is 10.8 Å². The number of thioether (sulfide) groups is 1. The van der Waals surface area contributed by atoms with Gasteiger partial charge in [-0.05, 0) is 25.5 Å². The van der Waals surface area contributed by atoms with Gasteiger partial charge in [0.25, 0.3) is 0 Å². The Morgan fingerprint density at radius 1 is 1.57 bits per heavy atom. The van der Waals surface area contributed by atoms with Crippen molar-refractivity contribution in [3.63, 3.8) is 0 Å². The lowest BCUT2D eigenvalue weighted by Gasteiger charge is -2.20. The SMILES string of the molecule is CCC(C)(O)CSc1ccc(N)nc1. The van der Waals surface area contributed by atoms with Crippen molar-refractivity contribution in [2.45, 2.75) is 30.8 Å². The first-order chi connectivity index (χ1) is 6.53. The fraction of sp³-hybridized carbons (Fsp3) is 0.500. The van der Waals surface area contributed by atoms with E-state index in [1.165, 1.54) is 0 Å². The molecule has 0 amide bonds. The van der Waals surface area contributed by atoms with Gasteiger partial charge in [0.15, 0.2) is 0 Å². The highest BCUT2D eigenvalue weighted by Gasteiger charge is 2.17. The number of anilines is 1. The van der Waals surface area contributed by atoms with E-state index in [-0.39, 0.29) is 0 Å². The Morgan fingerprint density at radius 3 is 2.79 bits per heavy atom. The first-order valence-corrected chi connectivity index (χ1v) is 5.59. The minimum Gasteiger partial charge on any atom is -0.389 e. The van der Waals surface area contributed by atoms with Gasteiger partial charge in [0.1, 0.15) is 5.82 Å². The highest BCUT2D eigenvalue weighted by atomic mass is 32.2. The summed E-state index contributed by atoms with van der Waals surface area (Å²) in [5.74, 6) is 1.20. The maximum atomic E-state index is 9.77. The summed E-state index contributed by atoms with van der Waals surface area (Å²) in [5, 5.41) is 9.77. The second-order valence-corrected chi connectivity index (χ2v) is 4.61. The zero-order chi connectivity index (χ0) is 10.6. The lowest BCUT2D eigenvalue weighted by atomic mass is 10.1. The van der Waals surface area contributed by atoms with E-state index in [4.69, 9.17) is 5.73 Å². The second kappa shape index (κ2) is 4.66. The van der Waals surface area contributed by atoms with E-state index in [0.29, 0.717) is 11.6 Å². The zero-order valence-electron chi connectivity index (χ0n) is 8.53. The number of aromatic nitrogens is 1. The van der Waals surface area contributed by atoms with Gasteiger partial charge in [-0.1, -0.05) is 6.92 Å². The summed E-state index contributed by atoms with van der Waals surface area (Å²) in [6.45, 7) is 3.81. The topological polar surface area (TPSA) is 59.1 Å². The molecule has 0 aromatic carbocycles. The van der Waals surface area contributed by atoms with Gasteiger partial charge in [0.2, 0.25) is 0 Å². The van der Waals surface area contributed by atoms with Crippen molar-refractivity contribution in [1.82, 2.24) is 4.98 Å². The predicted octanol–water partition coefficient (Wildman–Crippen LogP) is 1.92. The third-order valence-corrected chi connectivity index (χ3v) is 3.41. The van der Waals surface area contributed by atoms with Crippen LogP contribution in [0.2, 0.25) is 0 Å². The van der Waals surface area contributed by atoms with E-state index >= 15 is 0 Å². The van der Waals surface area contributed by atoms with E-state index in [1.54, 1.807) is 24.0 Å². The molecule has 0 fully saturated rings. The normalized spacial score (nSPS) is 15.1. The highest BCUT2D eigenvalue weighted by Crippen LogP contribution is 2.23. The molecule has 0 radical (unpaired) electrons. The van der Waals surface area contributed by atoms with Crippen molar-refractivity contribution in [2.75, 3.05) is 11.5 Å². The molecule has 4 heteroatoms. The lowest BCUT2D eigenvalue weighted by Crippen LogP contribution is -2.25. The summed E-state index contributed by atoms with van der Waals surface area (Å²) in [5.41, 5.74) is 4.86. The average molecular weight is 212 g/mol. The van der Waals surface area contributed by atoms with Crippen LogP contribution in [0.15, 0.2) is 23.2 Å². The largest absolute Gasteiger partial charge is 0.389 e. The van der Waals surface area contributed by atoms with Crippen LogP contribution in [0.4, 0.5) is 5.82 Å². The third kappa shape index (κ3) is 3.55. The number of nitrogens with two attached hydrogens (primary N) is 1. The van der Waals surface area contributed by atoms with Gasteiger partial charge in [-0.15, -0.1) is 11.8 Å². The Hall–Kier alpha value is -0.740. The molecule has 0 saturated heterocycles. The van der Waals surface area contributed by atoms with Crippen LogP contribution in [0.1, 0.15) is 20.3 Å². The van der Waals surface area contributed by atoms with Crippen molar-refractivity contribution >= 4 is 17.6 Å². The zero-order valence-corrected chi connectivity index (χ0v) is 9.34. The Balaban J connectivity index is 2.50. The number of hydrogen-bond acceptors (Lipinski definition) is 4. The molecule has 1 aromatic rings. The van der Waals surface area contributed by atoms with Gasteiger partial charge in [0, 0.05) is 16.8 Å². The van der Waals surface area contributed by atoms with Crippen molar-refractivity contribution < 1.29 is 5.11 Å². The first kappa shape index (κ1) is 11.3. The van der Waals surface area contributed by atoms with Crippen molar-refractivity contribution in [1.29, 1.82) is 0 Å². The van der Waals surface area contributed by atoms with Gasteiger partial charge in [-0.2, -0.15) is 0 Å². The number of pyridine rings is 1. The van der Waals surface area contributed by atoms with E-state index < -0.39 is 5.60 Å². The summed E-state index contributed by atoms with van der Waals surface area (Å²) in [6, 6.07) is 3.68. The Labute approximate surface area is 88.7 Å². The molecule has 0 spiro atoms. The van der Waals surface area contributed by atoms with Crippen LogP contribution >= 0.6 is 11.8 Å². The number of hydrogen-bond donors (Lipinski definition) is 2. The van der Waals surface area contributed by atoms with Gasteiger partial charge in [0.05, 0.1) is 5.60 Å². The molecule has 1 heterocycles. The molecule has 3 N–H and O–H groups in total. The van der Waals surface area contributed by atoms with Crippen molar-refractivity contribution in [3.8, 4) is 0 Å². The second-order valence-electron chi connectivity index (χ2n) is 3.56. The molecule has 1 aromatic heterocycles. The van der Waals surface area contributed by atoms with E-state index in [2.05, 4.69) is 4.98 Å². The van der Waals surface area contributed by atoms with Crippen molar-refractivity contribution in [3.05, 3.63) is 18.3 Å². The lowest BCUT2D eigenvalue weighted by molar-refractivity contribution is 0.0816. The number of nitrogens with zero attached hydrogens (tertiary/aromatic N) is 1. The summed E-state index contributed by atoms with van der Waals surface area (Å²) in [6.07, 6.45) is 2.48. The van der Waals surface area contributed by atoms with E-state index in [9.17, 15) is 5.11 Å². The molecule has 1 atom stereocenters. The van der Waals surface area contributed by atoms with E-state index in [1.807, 2.05) is 19.9 Å². The van der Waals surface area contributed by atoms with Crippen LogP contribution in [0.25, 0.3) is 0 Å². The monoisotopic (exact) mass is 212 g/mol. The third-order valence-electron chi connectivity index (χ3n) is 2.07. The summed E-state index contributed by atoms with van der Waals surface area (Å²) in [7, 11) is 0. The average Bonchev–Trinajstić information content (AvgIpc) is 2.17. The Morgan fingerprint density at radius 2 is 2.29 bits per heavy atom. The molecule has 0 aliphatic rings. The smallest absolute Gasteiger partial charge is 0.123 e. The molecule has 1 unspecified atom stereocenters. The van der Waals surface area contributed by atoms with Crippen LogP contribution in [-0.4, -0.2) is 21.4 Å². The number of nitrogen functional groups attached to an aromatic ring is 1. The molecule has 3 nitrogen and oxygen atoms in total.